The van der Waals surface area contributed by atoms with Gasteiger partial charge < -0.3 is 15.3 Å². The number of likely N-dealkylation sites (tertiary alicyclic amines) is 1. The third kappa shape index (κ3) is 3.56. The summed E-state index contributed by atoms with van der Waals surface area (Å²) in [5.74, 6) is -0.908. The second-order valence-electron chi connectivity index (χ2n) is 7.44. The smallest absolute Gasteiger partial charge is 0.321 e. The number of rotatable bonds is 4. The Balaban J connectivity index is 1.64. The van der Waals surface area contributed by atoms with Gasteiger partial charge in [0.25, 0.3) is 0 Å². The number of hydrogen-bond donors (Lipinski definition) is 2. The molecule has 0 bridgehead atoms. The standard InChI is InChI=1S/C18H24N2O5S/c1-18(16(21)22)10-11-20(12-18)17(23)19-13-6-8-15(9-7-13)26(24,25)14-4-2-3-5-14/h6-9,14H,2-5,10-12H2,1H3,(H,19,23)(H,21,22). The van der Waals surface area contributed by atoms with E-state index >= 15 is 0 Å². The van der Waals surface area contributed by atoms with Gasteiger partial charge in [-0.25, -0.2) is 13.2 Å². The summed E-state index contributed by atoms with van der Waals surface area (Å²) in [7, 11) is -3.31. The molecular weight excluding hydrogens is 356 g/mol. The SMILES string of the molecule is CC1(C(=O)O)CCN(C(=O)Nc2ccc(S(=O)(=O)C3CCCC3)cc2)C1. The first-order chi connectivity index (χ1) is 12.2. The summed E-state index contributed by atoms with van der Waals surface area (Å²) in [6, 6.07) is 5.82. The molecule has 0 radical (unpaired) electrons. The van der Waals surface area contributed by atoms with Crippen molar-refractivity contribution in [2.24, 2.45) is 5.41 Å². The van der Waals surface area contributed by atoms with Crippen LogP contribution in [0.4, 0.5) is 10.5 Å². The molecule has 8 heteroatoms. The number of carbonyl (C=O) groups excluding carboxylic acids is 1. The monoisotopic (exact) mass is 380 g/mol. The average Bonchev–Trinajstić information content (AvgIpc) is 3.26. The molecule has 2 fully saturated rings. The van der Waals surface area contributed by atoms with E-state index in [4.69, 9.17) is 0 Å². The largest absolute Gasteiger partial charge is 0.481 e. The predicted octanol–water partition coefficient (Wildman–Crippen LogP) is 2.73. The first-order valence-corrected chi connectivity index (χ1v) is 10.4. The van der Waals surface area contributed by atoms with E-state index in [-0.39, 0.29) is 22.7 Å². The summed E-state index contributed by atoms with van der Waals surface area (Å²) >= 11 is 0. The number of urea groups is 1. The number of sulfone groups is 1. The summed E-state index contributed by atoms with van der Waals surface area (Å²) in [5, 5.41) is 11.6. The first kappa shape index (κ1) is 18.7. The second-order valence-corrected chi connectivity index (χ2v) is 9.67. The number of nitrogens with one attached hydrogen (secondary N) is 1. The van der Waals surface area contributed by atoms with Crippen molar-refractivity contribution in [1.29, 1.82) is 0 Å². The van der Waals surface area contributed by atoms with Crippen LogP contribution in [-0.2, 0) is 14.6 Å². The van der Waals surface area contributed by atoms with Crippen LogP contribution in [0.3, 0.4) is 0 Å². The van der Waals surface area contributed by atoms with Crippen LogP contribution < -0.4 is 5.32 Å². The predicted molar refractivity (Wildman–Crippen MR) is 96.8 cm³/mol. The van der Waals surface area contributed by atoms with E-state index in [0.29, 0.717) is 31.5 Å². The molecule has 1 aromatic rings. The molecule has 26 heavy (non-hydrogen) atoms. The van der Waals surface area contributed by atoms with Crippen LogP contribution in [0.1, 0.15) is 39.0 Å². The van der Waals surface area contributed by atoms with E-state index in [9.17, 15) is 23.1 Å². The van der Waals surface area contributed by atoms with E-state index in [2.05, 4.69) is 5.32 Å². The number of nitrogens with zero attached hydrogens (tertiary/aromatic N) is 1. The van der Waals surface area contributed by atoms with Gasteiger partial charge in [-0.15, -0.1) is 0 Å². The molecule has 1 saturated carbocycles. The maximum atomic E-state index is 12.6. The number of carboxylic acids is 1. The number of benzene rings is 1. The van der Waals surface area contributed by atoms with E-state index in [1.165, 1.54) is 17.0 Å². The Morgan fingerprint density at radius 3 is 2.35 bits per heavy atom. The van der Waals surface area contributed by atoms with Crippen molar-refractivity contribution < 1.29 is 23.1 Å². The average molecular weight is 380 g/mol. The second kappa shape index (κ2) is 6.90. The minimum atomic E-state index is -3.31. The third-order valence-electron chi connectivity index (χ3n) is 5.45. The van der Waals surface area contributed by atoms with Crippen molar-refractivity contribution in [3.63, 3.8) is 0 Å². The highest BCUT2D eigenvalue weighted by atomic mass is 32.2. The zero-order chi connectivity index (χ0) is 18.9. The van der Waals surface area contributed by atoms with Crippen molar-refractivity contribution in [3.05, 3.63) is 24.3 Å². The Morgan fingerprint density at radius 1 is 1.19 bits per heavy atom. The van der Waals surface area contributed by atoms with Crippen molar-refractivity contribution in [1.82, 2.24) is 4.90 Å². The van der Waals surface area contributed by atoms with Crippen molar-refractivity contribution in [2.75, 3.05) is 18.4 Å². The molecule has 1 saturated heterocycles. The number of hydrogen-bond acceptors (Lipinski definition) is 4. The fourth-order valence-corrected chi connectivity index (χ4v) is 5.48. The molecule has 142 valence electrons. The first-order valence-electron chi connectivity index (χ1n) is 8.86. The van der Waals surface area contributed by atoms with Crippen molar-refractivity contribution >= 4 is 27.5 Å². The molecule has 2 aliphatic rings. The highest BCUT2D eigenvalue weighted by molar-refractivity contribution is 7.92. The zero-order valence-corrected chi connectivity index (χ0v) is 15.6. The molecule has 2 N–H and O–H groups in total. The Bertz CT molecular complexity index is 799. The van der Waals surface area contributed by atoms with Crippen molar-refractivity contribution in [2.45, 2.75) is 49.2 Å². The fourth-order valence-electron chi connectivity index (χ4n) is 3.63. The van der Waals surface area contributed by atoms with Gasteiger partial charge in [-0.1, -0.05) is 12.8 Å². The highest BCUT2D eigenvalue weighted by Gasteiger charge is 2.42. The molecule has 1 aromatic carbocycles. The van der Waals surface area contributed by atoms with Gasteiger partial charge >= 0.3 is 12.0 Å². The van der Waals surface area contributed by atoms with Gasteiger partial charge in [0.2, 0.25) is 0 Å². The summed E-state index contributed by atoms with van der Waals surface area (Å²) in [6.45, 7) is 2.16. The lowest BCUT2D eigenvalue weighted by Crippen LogP contribution is -2.37. The van der Waals surface area contributed by atoms with Gasteiger partial charge in [0.05, 0.1) is 15.6 Å². The van der Waals surface area contributed by atoms with Gasteiger partial charge in [0, 0.05) is 18.8 Å². The van der Waals surface area contributed by atoms with E-state index in [0.717, 1.165) is 12.8 Å². The maximum absolute atomic E-state index is 12.6. The van der Waals surface area contributed by atoms with Crippen LogP contribution in [0.25, 0.3) is 0 Å². The number of amides is 2. The van der Waals surface area contributed by atoms with Gasteiger partial charge in [-0.3, -0.25) is 4.79 Å². The minimum Gasteiger partial charge on any atom is -0.481 e. The fraction of sp³-hybridized carbons (Fsp3) is 0.556. The molecule has 7 nitrogen and oxygen atoms in total. The lowest BCUT2D eigenvalue weighted by atomic mass is 9.90. The summed E-state index contributed by atoms with van der Waals surface area (Å²) in [4.78, 5) is 25.3. The Morgan fingerprint density at radius 2 is 1.81 bits per heavy atom. The van der Waals surface area contributed by atoms with Gasteiger partial charge in [0.1, 0.15) is 0 Å². The lowest BCUT2D eigenvalue weighted by Gasteiger charge is -2.20. The number of carboxylic acid groups (broad SMARTS) is 1. The Labute approximate surface area is 153 Å². The maximum Gasteiger partial charge on any atom is 0.321 e. The van der Waals surface area contributed by atoms with Crippen molar-refractivity contribution in [3.8, 4) is 0 Å². The van der Waals surface area contributed by atoms with Crippen LogP contribution in [0.15, 0.2) is 29.2 Å². The quantitative estimate of drug-likeness (QED) is 0.836. The number of carbonyl (C=O) groups is 2. The number of aliphatic carboxylic acids is 1. The molecule has 3 rings (SSSR count). The summed E-state index contributed by atoms with van der Waals surface area (Å²) in [6.07, 6.45) is 3.72. The summed E-state index contributed by atoms with van der Waals surface area (Å²) in [5.41, 5.74) is -0.430. The molecule has 1 unspecified atom stereocenters. The Hall–Kier alpha value is -2.09. The minimum absolute atomic E-state index is 0.155. The van der Waals surface area contributed by atoms with Crippen LogP contribution in [0.2, 0.25) is 0 Å². The third-order valence-corrected chi connectivity index (χ3v) is 7.73. The highest BCUT2D eigenvalue weighted by Crippen LogP contribution is 2.31. The van der Waals surface area contributed by atoms with Gasteiger partial charge in [0.15, 0.2) is 9.84 Å². The molecular formula is C18H24N2O5S. The number of anilines is 1. The van der Waals surface area contributed by atoms with Crippen LogP contribution in [-0.4, -0.2) is 48.8 Å². The van der Waals surface area contributed by atoms with Gasteiger partial charge in [-0.05, 0) is 50.5 Å². The van der Waals surface area contributed by atoms with E-state index in [1.807, 2.05) is 0 Å². The molecule has 1 atom stereocenters. The molecule has 1 aliphatic heterocycles. The van der Waals surface area contributed by atoms with E-state index < -0.39 is 21.2 Å². The van der Waals surface area contributed by atoms with Gasteiger partial charge in [-0.2, -0.15) is 0 Å². The molecule has 0 aromatic heterocycles. The van der Waals surface area contributed by atoms with Crippen LogP contribution in [0.5, 0.6) is 0 Å². The lowest BCUT2D eigenvalue weighted by molar-refractivity contribution is -0.146. The molecule has 1 aliphatic carbocycles. The molecule has 2 amide bonds. The topological polar surface area (TPSA) is 104 Å². The molecule has 1 heterocycles. The Kier molecular flexibility index (Phi) is 4.96. The normalized spacial score (nSPS) is 24.0. The van der Waals surface area contributed by atoms with E-state index in [1.54, 1.807) is 19.1 Å². The zero-order valence-electron chi connectivity index (χ0n) is 14.8. The molecule has 0 spiro atoms. The summed E-state index contributed by atoms with van der Waals surface area (Å²) < 4.78 is 25.1. The van der Waals surface area contributed by atoms with Crippen LogP contribution >= 0.6 is 0 Å². The van der Waals surface area contributed by atoms with Crippen LogP contribution in [0, 0.1) is 5.41 Å².